The number of carbonyl (C=O) groups excluding carboxylic acids is 2. The monoisotopic (exact) mass is 394 g/mol. The van der Waals surface area contributed by atoms with Crippen LogP contribution in [-0.4, -0.2) is 25.0 Å². The number of nitrogens with one attached hydrogen (secondary N) is 2. The first-order valence-corrected chi connectivity index (χ1v) is 8.94. The number of nitrogens with two attached hydrogens (primary N) is 1. The minimum Gasteiger partial charge on any atom is -0.338 e. The summed E-state index contributed by atoms with van der Waals surface area (Å²) in [6.45, 7) is 2.61. The van der Waals surface area contributed by atoms with Gasteiger partial charge in [0, 0.05) is 18.5 Å². The van der Waals surface area contributed by atoms with E-state index < -0.39 is 29.7 Å². The zero-order valence-electron chi connectivity index (χ0n) is 15.4. The molecule has 3 amide bonds. The molecule has 5 nitrogen and oxygen atoms in total. The summed E-state index contributed by atoms with van der Waals surface area (Å²) in [5.41, 5.74) is 0.778. The lowest BCUT2D eigenvalue weighted by Gasteiger charge is -2.16. The second-order valence-electron chi connectivity index (χ2n) is 6.21. The number of quaternary nitrogens is 1. The molecule has 0 aliphatic heterocycles. The van der Waals surface area contributed by atoms with Crippen LogP contribution in [-0.2, 0) is 17.4 Å². The smallest absolute Gasteiger partial charge is 0.338 e. The Kier molecular flexibility index (Phi) is 7.57. The molecular weight excluding hydrogens is 371 g/mol. The first kappa shape index (κ1) is 21.4. The van der Waals surface area contributed by atoms with Gasteiger partial charge in [-0.05, 0) is 24.6 Å². The Hall–Kier alpha value is -2.87. The fraction of sp³-hybridized carbons (Fsp3) is 0.300. The Morgan fingerprint density at radius 1 is 1.04 bits per heavy atom. The Morgan fingerprint density at radius 2 is 1.68 bits per heavy atom. The van der Waals surface area contributed by atoms with Crippen molar-refractivity contribution in [2.45, 2.75) is 25.6 Å². The van der Waals surface area contributed by atoms with Crippen LogP contribution < -0.4 is 16.0 Å². The number of hydrogen-bond acceptors (Lipinski definition) is 2. The molecule has 2 rings (SSSR count). The van der Waals surface area contributed by atoms with Gasteiger partial charge in [-0.2, -0.15) is 13.2 Å². The maximum Gasteiger partial charge on any atom is 0.416 e. The van der Waals surface area contributed by atoms with Crippen LogP contribution in [0.25, 0.3) is 0 Å². The van der Waals surface area contributed by atoms with Gasteiger partial charge in [-0.1, -0.05) is 42.5 Å². The van der Waals surface area contributed by atoms with E-state index in [2.05, 4.69) is 10.6 Å². The summed E-state index contributed by atoms with van der Waals surface area (Å²) in [4.78, 5) is 24.1. The largest absolute Gasteiger partial charge is 0.416 e. The van der Waals surface area contributed by atoms with Gasteiger partial charge in [-0.25, -0.2) is 4.79 Å². The molecule has 0 unspecified atom stereocenters. The van der Waals surface area contributed by atoms with Gasteiger partial charge in [0.25, 0.3) is 5.91 Å². The van der Waals surface area contributed by atoms with E-state index in [1.54, 1.807) is 36.5 Å². The van der Waals surface area contributed by atoms with E-state index in [4.69, 9.17) is 0 Å². The van der Waals surface area contributed by atoms with Crippen molar-refractivity contribution in [2.24, 2.45) is 0 Å². The molecule has 4 N–H and O–H groups in total. The van der Waals surface area contributed by atoms with Crippen molar-refractivity contribution < 1.29 is 28.1 Å². The van der Waals surface area contributed by atoms with Gasteiger partial charge in [0.1, 0.15) is 0 Å². The Bertz CT molecular complexity index is 778. The molecule has 0 aliphatic rings. The van der Waals surface area contributed by atoms with E-state index in [-0.39, 0.29) is 0 Å². The van der Waals surface area contributed by atoms with Crippen LogP contribution >= 0.6 is 0 Å². The average Bonchev–Trinajstić information content (AvgIpc) is 2.65. The third-order valence-electron chi connectivity index (χ3n) is 4.13. The molecule has 0 fully saturated rings. The van der Waals surface area contributed by atoms with Crippen molar-refractivity contribution in [3.8, 4) is 0 Å². The molecule has 8 heteroatoms. The molecule has 0 saturated heterocycles. The average molecular weight is 394 g/mol. The molecule has 0 spiro atoms. The highest BCUT2D eigenvalue weighted by molar-refractivity contribution is 5.96. The third kappa shape index (κ3) is 6.38. The summed E-state index contributed by atoms with van der Waals surface area (Å²) in [6.07, 6.45) is -3.88. The van der Waals surface area contributed by atoms with Crippen LogP contribution in [0.15, 0.2) is 54.6 Å². The summed E-state index contributed by atoms with van der Waals surface area (Å²) in [7, 11) is 0. The molecule has 150 valence electrons. The predicted octanol–water partition coefficient (Wildman–Crippen LogP) is 2.40. The highest BCUT2D eigenvalue weighted by Gasteiger charge is 2.30. The highest BCUT2D eigenvalue weighted by Crippen LogP contribution is 2.29. The van der Waals surface area contributed by atoms with Gasteiger partial charge in [0.15, 0.2) is 6.04 Å². The Morgan fingerprint density at radius 3 is 2.25 bits per heavy atom. The van der Waals surface area contributed by atoms with Gasteiger partial charge in [-0.15, -0.1) is 0 Å². The van der Waals surface area contributed by atoms with Crippen molar-refractivity contribution in [3.05, 3.63) is 71.3 Å². The van der Waals surface area contributed by atoms with Crippen molar-refractivity contribution in [3.63, 3.8) is 0 Å². The standard InChI is InChI=1S/C20H22F3N3O2/c1-2-24-19(28)26-18(27)17(15-6-4-3-5-7-15)25-13-12-14-8-10-16(11-9-14)20(21,22)23/h3-11,17,25H,2,12-13H2,1H3,(H2,24,26,27,28)/p+1/t17-/m0/s1. The van der Waals surface area contributed by atoms with E-state index in [1.165, 1.54) is 12.1 Å². The lowest BCUT2D eigenvalue weighted by atomic mass is 10.0. The number of rotatable bonds is 7. The van der Waals surface area contributed by atoms with Crippen LogP contribution in [0.5, 0.6) is 0 Å². The van der Waals surface area contributed by atoms with Crippen LogP contribution in [0.3, 0.4) is 0 Å². The number of carbonyl (C=O) groups is 2. The molecule has 0 saturated carbocycles. The maximum atomic E-state index is 12.6. The highest BCUT2D eigenvalue weighted by atomic mass is 19.4. The molecular formula is C20H23F3N3O2+. The number of hydrogen-bond donors (Lipinski definition) is 3. The molecule has 28 heavy (non-hydrogen) atoms. The maximum absolute atomic E-state index is 12.6. The van der Waals surface area contributed by atoms with E-state index >= 15 is 0 Å². The Labute approximate surface area is 161 Å². The summed E-state index contributed by atoms with van der Waals surface area (Å²) < 4.78 is 37.9. The SMILES string of the molecule is CCNC(=O)NC(=O)[C@@H]([NH2+]CCc1ccc(C(F)(F)F)cc1)c1ccccc1. The molecule has 0 bridgehead atoms. The van der Waals surface area contributed by atoms with Crippen LogP contribution in [0.4, 0.5) is 18.0 Å². The molecule has 0 aliphatic carbocycles. The van der Waals surface area contributed by atoms with E-state index in [9.17, 15) is 22.8 Å². The van der Waals surface area contributed by atoms with Crippen LogP contribution in [0, 0.1) is 0 Å². The van der Waals surface area contributed by atoms with Gasteiger partial charge in [0.2, 0.25) is 0 Å². The van der Waals surface area contributed by atoms with Crippen molar-refractivity contribution >= 4 is 11.9 Å². The fourth-order valence-corrected chi connectivity index (χ4v) is 2.73. The number of benzene rings is 2. The van der Waals surface area contributed by atoms with Crippen molar-refractivity contribution in [1.82, 2.24) is 10.6 Å². The third-order valence-corrected chi connectivity index (χ3v) is 4.13. The van der Waals surface area contributed by atoms with E-state index in [0.29, 0.717) is 19.5 Å². The van der Waals surface area contributed by atoms with Gasteiger partial charge in [0.05, 0.1) is 12.1 Å². The van der Waals surface area contributed by atoms with Crippen LogP contribution in [0.1, 0.15) is 29.7 Å². The molecule has 0 radical (unpaired) electrons. The molecule has 2 aromatic rings. The quantitative estimate of drug-likeness (QED) is 0.675. The number of halogens is 3. The lowest BCUT2D eigenvalue weighted by molar-refractivity contribution is -0.682. The number of urea groups is 1. The van der Waals surface area contributed by atoms with Gasteiger partial charge < -0.3 is 10.6 Å². The summed E-state index contributed by atoms with van der Waals surface area (Å²) in [6, 6.07) is 12.8. The second-order valence-corrected chi connectivity index (χ2v) is 6.21. The number of imide groups is 1. The minimum absolute atomic E-state index is 0.396. The van der Waals surface area contributed by atoms with Crippen LogP contribution in [0.2, 0.25) is 0 Å². The molecule has 0 heterocycles. The molecule has 0 aromatic heterocycles. The minimum atomic E-state index is -4.36. The zero-order valence-corrected chi connectivity index (χ0v) is 15.4. The zero-order chi connectivity index (χ0) is 20.6. The van der Waals surface area contributed by atoms with E-state index in [1.807, 2.05) is 6.07 Å². The molecule has 1 atom stereocenters. The summed E-state index contributed by atoms with van der Waals surface area (Å²) >= 11 is 0. The predicted molar refractivity (Wildman–Crippen MR) is 98.3 cm³/mol. The van der Waals surface area contributed by atoms with Gasteiger partial charge >= 0.3 is 12.2 Å². The first-order chi connectivity index (χ1) is 13.3. The van der Waals surface area contributed by atoms with Crippen molar-refractivity contribution in [2.75, 3.05) is 13.1 Å². The second kappa shape index (κ2) is 9.89. The summed E-state index contributed by atoms with van der Waals surface area (Å²) in [5, 5.41) is 6.58. The number of alkyl halides is 3. The molecule has 2 aromatic carbocycles. The Balaban J connectivity index is 2.00. The normalized spacial score (nSPS) is 12.3. The topological polar surface area (TPSA) is 74.8 Å². The lowest BCUT2D eigenvalue weighted by Crippen LogP contribution is -2.88. The number of amides is 3. The fourth-order valence-electron chi connectivity index (χ4n) is 2.73. The van der Waals surface area contributed by atoms with Crippen molar-refractivity contribution in [1.29, 1.82) is 0 Å². The first-order valence-electron chi connectivity index (χ1n) is 8.94. The van der Waals surface area contributed by atoms with E-state index in [0.717, 1.165) is 23.3 Å². The summed E-state index contributed by atoms with van der Waals surface area (Å²) in [5.74, 6) is -0.454. The van der Waals surface area contributed by atoms with Gasteiger partial charge in [-0.3, -0.25) is 10.1 Å².